The summed E-state index contributed by atoms with van der Waals surface area (Å²) >= 11 is 0. The van der Waals surface area contributed by atoms with Gasteiger partial charge >= 0.3 is 5.97 Å². The second-order valence-corrected chi connectivity index (χ2v) is 15.1. The van der Waals surface area contributed by atoms with E-state index < -0.39 is 18.6 Å². The van der Waals surface area contributed by atoms with E-state index in [1.807, 2.05) is 0 Å². The quantitative estimate of drug-likeness (QED) is 0.0470. The topological polar surface area (TPSA) is 228 Å². The van der Waals surface area contributed by atoms with Crippen LogP contribution in [-0.4, -0.2) is 131 Å². The fraction of sp³-hybridized carbons (Fsp3) is 0.860. The number of Topliss-reactive ketones (excluding diaryl/α,β-unsaturated/α-hetero) is 1. The molecule has 16 heteroatoms. The molecule has 0 aromatic carbocycles. The van der Waals surface area contributed by atoms with Crippen LogP contribution in [-0.2, 0) is 47.7 Å². The van der Waals surface area contributed by atoms with Gasteiger partial charge in [-0.1, -0.05) is 110 Å². The van der Waals surface area contributed by atoms with Crippen LogP contribution in [0.2, 0.25) is 0 Å². The first-order valence-corrected chi connectivity index (χ1v) is 22.4. The van der Waals surface area contributed by atoms with Gasteiger partial charge in [0.05, 0.1) is 39.6 Å². The van der Waals surface area contributed by atoms with Gasteiger partial charge in [0.15, 0.2) is 5.78 Å². The molecule has 0 bridgehead atoms. The first-order chi connectivity index (χ1) is 28.6. The molecular formula is C43H80N4O12. The molecule has 6 N–H and O–H groups in total. The van der Waals surface area contributed by atoms with Crippen molar-refractivity contribution < 1.29 is 57.9 Å². The zero-order valence-electron chi connectivity index (χ0n) is 36.5. The Kier molecular flexibility index (Phi) is 39.3. The Labute approximate surface area is 353 Å². The monoisotopic (exact) mass is 845 g/mol. The predicted molar refractivity (Wildman–Crippen MR) is 226 cm³/mol. The number of amides is 4. The van der Waals surface area contributed by atoms with Crippen molar-refractivity contribution in [3.63, 3.8) is 0 Å². The molecule has 0 heterocycles. The van der Waals surface area contributed by atoms with Gasteiger partial charge in [-0.3, -0.25) is 24.0 Å². The lowest BCUT2D eigenvalue weighted by Gasteiger charge is -2.14. The number of unbranched alkanes of at least 4 members (excludes halogenated alkanes) is 15. The summed E-state index contributed by atoms with van der Waals surface area (Å²) in [5.41, 5.74) is 0. The standard InChI is InChI=1S/C43H80N4O12/c1-3-4-5-6-7-8-9-10-11-12-13-14-15-16-17-21-40(51)47-37(43(54)55)22-23-39(50)45-25-27-56-29-32-59-35-42(53)46-26-28-57-30-31-58-34-41(52)44-24-19-18-20-36(2)38(49)33-48/h36-37,48H,3-35H2,1-2H3,(H,44,52)(H,45,50)(H,46,53)(H,47,51)(H,54,55)/t36-,37?/m0/s1. The van der Waals surface area contributed by atoms with Gasteiger partial charge in [-0.25, -0.2) is 4.79 Å². The minimum Gasteiger partial charge on any atom is -0.480 e. The molecule has 0 aliphatic carbocycles. The normalized spacial score (nSPS) is 12.1. The van der Waals surface area contributed by atoms with Gasteiger partial charge in [-0.15, -0.1) is 0 Å². The van der Waals surface area contributed by atoms with Crippen LogP contribution >= 0.6 is 0 Å². The van der Waals surface area contributed by atoms with Gasteiger partial charge in [0.25, 0.3) is 0 Å². The van der Waals surface area contributed by atoms with E-state index in [9.17, 15) is 33.9 Å². The highest BCUT2D eigenvalue weighted by atomic mass is 16.5. The molecule has 0 saturated carbocycles. The zero-order chi connectivity index (χ0) is 43.6. The summed E-state index contributed by atoms with van der Waals surface area (Å²) in [5, 5.41) is 29.0. The maximum Gasteiger partial charge on any atom is 0.326 e. The lowest BCUT2D eigenvalue weighted by atomic mass is 10.00. The van der Waals surface area contributed by atoms with E-state index in [1.165, 1.54) is 70.6 Å². The van der Waals surface area contributed by atoms with Crippen molar-refractivity contribution in [2.24, 2.45) is 5.92 Å². The molecule has 0 aromatic rings. The maximum absolute atomic E-state index is 12.3. The van der Waals surface area contributed by atoms with Crippen molar-refractivity contribution in [1.82, 2.24) is 21.3 Å². The number of hydrogen-bond acceptors (Lipinski definition) is 11. The van der Waals surface area contributed by atoms with Gasteiger partial charge < -0.3 is 50.4 Å². The average molecular weight is 845 g/mol. The number of rotatable bonds is 44. The predicted octanol–water partition coefficient (Wildman–Crippen LogP) is 4.38. The third kappa shape index (κ3) is 38.8. The van der Waals surface area contributed by atoms with E-state index in [2.05, 4.69) is 28.2 Å². The van der Waals surface area contributed by atoms with Crippen molar-refractivity contribution >= 4 is 35.4 Å². The molecule has 344 valence electrons. The van der Waals surface area contributed by atoms with Gasteiger partial charge in [-0.2, -0.15) is 0 Å². The highest BCUT2D eigenvalue weighted by Gasteiger charge is 2.21. The third-order valence-corrected chi connectivity index (χ3v) is 9.74. The highest BCUT2D eigenvalue weighted by Crippen LogP contribution is 2.14. The van der Waals surface area contributed by atoms with E-state index >= 15 is 0 Å². The largest absolute Gasteiger partial charge is 0.480 e. The molecule has 1 unspecified atom stereocenters. The smallest absolute Gasteiger partial charge is 0.326 e. The lowest BCUT2D eigenvalue weighted by Crippen LogP contribution is -2.41. The third-order valence-electron chi connectivity index (χ3n) is 9.74. The summed E-state index contributed by atoms with van der Waals surface area (Å²) in [6.07, 6.45) is 20.9. The Hall–Kier alpha value is -3.18. The molecule has 0 aliphatic rings. The Balaban J connectivity index is 3.65. The van der Waals surface area contributed by atoms with Crippen molar-refractivity contribution in [3.8, 4) is 0 Å². The molecule has 4 amide bonds. The maximum atomic E-state index is 12.3. The molecule has 0 aromatic heterocycles. The Morgan fingerprint density at radius 3 is 1.44 bits per heavy atom. The summed E-state index contributed by atoms with van der Waals surface area (Å²) in [6.45, 7) is 5.66. The average Bonchev–Trinajstić information content (AvgIpc) is 3.22. The second kappa shape index (κ2) is 41.5. The van der Waals surface area contributed by atoms with Crippen LogP contribution in [0.15, 0.2) is 0 Å². The van der Waals surface area contributed by atoms with Crippen molar-refractivity contribution in [2.45, 2.75) is 155 Å². The van der Waals surface area contributed by atoms with Crippen molar-refractivity contribution in [1.29, 1.82) is 0 Å². The molecule has 0 radical (unpaired) electrons. The number of ether oxygens (including phenoxy) is 4. The highest BCUT2D eigenvalue weighted by molar-refractivity contribution is 5.84. The number of aliphatic carboxylic acids is 1. The summed E-state index contributed by atoms with van der Waals surface area (Å²) in [7, 11) is 0. The van der Waals surface area contributed by atoms with Crippen LogP contribution in [0.4, 0.5) is 0 Å². The molecule has 0 saturated heterocycles. The van der Waals surface area contributed by atoms with Gasteiger partial charge in [-0.05, 0) is 25.7 Å². The fourth-order valence-corrected chi connectivity index (χ4v) is 6.06. The minimum atomic E-state index is -1.17. The molecule has 0 rings (SSSR count). The number of aliphatic hydroxyl groups is 1. The number of carboxylic acids is 1. The van der Waals surface area contributed by atoms with Gasteiger partial charge in [0.1, 0.15) is 25.9 Å². The zero-order valence-corrected chi connectivity index (χ0v) is 36.5. The number of carboxylic acid groups (broad SMARTS) is 1. The summed E-state index contributed by atoms with van der Waals surface area (Å²) < 4.78 is 21.3. The number of hydrogen-bond donors (Lipinski definition) is 6. The first kappa shape index (κ1) is 55.8. The van der Waals surface area contributed by atoms with E-state index in [4.69, 9.17) is 24.1 Å². The SMILES string of the molecule is CCCCCCCCCCCCCCCCCC(=O)NC(CCC(=O)NCCOCCOCC(=O)NCCOCCOCC(=O)NCCCC[C@H](C)C(=O)CO)C(=O)O. The van der Waals surface area contributed by atoms with E-state index in [1.54, 1.807) is 6.92 Å². The minimum absolute atomic E-state index is 0.00904. The van der Waals surface area contributed by atoms with E-state index in [-0.39, 0.29) is 121 Å². The molecule has 16 nitrogen and oxygen atoms in total. The van der Waals surface area contributed by atoms with E-state index in [0.717, 1.165) is 38.5 Å². The second-order valence-electron chi connectivity index (χ2n) is 15.1. The summed E-state index contributed by atoms with van der Waals surface area (Å²) in [5.74, 6) is -2.73. The van der Waals surface area contributed by atoms with Crippen LogP contribution in [0.1, 0.15) is 149 Å². The molecule has 0 spiro atoms. The molecule has 59 heavy (non-hydrogen) atoms. The lowest BCUT2D eigenvalue weighted by molar-refractivity contribution is -0.142. The summed E-state index contributed by atoms with van der Waals surface area (Å²) in [6, 6.07) is -1.12. The van der Waals surface area contributed by atoms with Crippen LogP contribution in [0.3, 0.4) is 0 Å². The number of carbonyl (C=O) groups excluding carboxylic acids is 5. The van der Waals surface area contributed by atoms with E-state index in [0.29, 0.717) is 13.0 Å². The molecule has 0 fully saturated rings. The molecule has 0 aliphatic heterocycles. The van der Waals surface area contributed by atoms with Crippen LogP contribution in [0, 0.1) is 5.92 Å². The van der Waals surface area contributed by atoms with Crippen LogP contribution in [0.5, 0.6) is 0 Å². The Bertz CT molecular complexity index is 1100. The van der Waals surface area contributed by atoms with Crippen molar-refractivity contribution in [2.75, 3.05) is 79.1 Å². The molecular weight excluding hydrogens is 764 g/mol. The Morgan fingerprint density at radius 2 is 0.949 bits per heavy atom. The number of nitrogens with one attached hydrogen (secondary N) is 4. The number of aliphatic hydroxyl groups excluding tert-OH is 1. The van der Waals surface area contributed by atoms with Crippen LogP contribution < -0.4 is 21.3 Å². The van der Waals surface area contributed by atoms with Crippen molar-refractivity contribution in [3.05, 3.63) is 0 Å². The van der Waals surface area contributed by atoms with Crippen LogP contribution in [0.25, 0.3) is 0 Å². The van der Waals surface area contributed by atoms with Gasteiger partial charge in [0.2, 0.25) is 23.6 Å². The molecule has 2 atom stereocenters. The number of carbonyl (C=O) groups is 6. The van der Waals surface area contributed by atoms with Gasteiger partial charge in [0, 0.05) is 38.4 Å². The Morgan fingerprint density at radius 1 is 0.492 bits per heavy atom. The fourth-order valence-electron chi connectivity index (χ4n) is 6.06. The first-order valence-electron chi connectivity index (χ1n) is 22.4. The number of ketones is 1. The summed E-state index contributed by atoms with van der Waals surface area (Å²) in [4.78, 5) is 71.2.